The predicted octanol–water partition coefficient (Wildman–Crippen LogP) is 1.56. The van der Waals surface area contributed by atoms with Crippen LogP contribution < -0.4 is 0 Å². The van der Waals surface area contributed by atoms with E-state index in [1.807, 2.05) is 6.92 Å². The molecule has 0 amide bonds. The maximum absolute atomic E-state index is 10.8. The number of halogens is 1. The van der Waals surface area contributed by atoms with Crippen LogP contribution in [0.3, 0.4) is 0 Å². The van der Waals surface area contributed by atoms with E-state index in [-0.39, 0.29) is 39.5 Å². The second-order valence-corrected chi connectivity index (χ2v) is 4.64. The molecule has 1 rings (SSSR count). The Morgan fingerprint density at radius 3 is 2.07 bits per heavy atom. The summed E-state index contributed by atoms with van der Waals surface area (Å²) in [6, 6.07) is 2.87. The number of aryl methyl sites for hydroxylation is 2. The Labute approximate surface area is 111 Å². The van der Waals surface area contributed by atoms with Crippen LogP contribution in [0.5, 0.6) is 0 Å². The van der Waals surface area contributed by atoms with Crippen molar-refractivity contribution in [1.82, 2.24) is 0 Å². The van der Waals surface area contributed by atoms with Gasteiger partial charge < -0.3 is 0 Å². The van der Waals surface area contributed by atoms with Crippen LogP contribution in [0.4, 0.5) is 0 Å². The molecule has 74 valence electrons. The molecule has 0 aliphatic rings. The van der Waals surface area contributed by atoms with Crippen molar-refractivity contribution in [3.63, 3.8) is 0 Å². The standard InChI is InChI=1S/C8H9ClO3S.Na.H/c1-5-3-7(9)8(4-6(5)2)13(10,11)12;;/h3-4H,1-2H3,(H,10,11,12);;. The number of rotatable bonds is 1. The van der Waals surface area contributed by atoms with Gasteiger partial charge in [0.1, 0.15) is 4.90 Å². The molecule has 0 bridgehead atoms. The van der Waals surface area contributed by atoms with Gasteiger partial charge in [-0.15, -0.1) is 0 Å². The Bertz CT molecular complexity index is 442. The van der Waals surface area contributed by atoms with Gasteiger partial charge in [0.05, 0.1) is 5.02 Å². The van der Waals surface area contributed by atoms with E-state index in [0.29, 0.717) is 0 Å². The van der Waals surface area contributed by atoms with Gasteiger partial charge in [-0.1, -0.05) is 11.6 Å². The third-order valence-corrected chi connectivity index (χ3v) is 3.14. The molecule has 0 saturated carbocycles. The quantitative estimate of drug-likeness (QED) is 0.603. The van der Waals surface area contributed by atoms with Crippen LogP contribution in [0, 0.1) is 13.8 Å². The van der Waals surface area contributed by atoms with Crippen molar-refractivity contribution in [3.8, 4) is 0 Å². The van der Waals surface area contributed by atoms with Crippen LogP contribution in [-0.4, -0.2) is 42.5 Å². The fourth-order valence-electron chi connectivity index (χ4n) is 0.952. The summed E-state index contributed by atoms with van der Waals surface area (Å²) in [5.74, 6) is 0. The van der Waals surface area contributed by atoms with Crippen molar-refractivity contribution in [3.05, 3.63) is 28.3 Å². The number of benzene rings is 1. The fourth-order valence-corrected chi connectivity index (χ4v) is 2.09. The Balaban J connectivity index is 0.00000169. The average Bonchev–Trinajstić information content (AvgIpc) is 1.94. The summed E-state index contributed by atoms with van der Waals surface area (Å²) in [6.45, 7) is 3.56. The molecule has 1 N–H and O–H groups in total. The average molecular weight is 245 g/mol. The summed E-state index contributed by atoms with van der Waals surface area (Å²) in [5.41, 5.74) is 1.66. The fraction of sp³-hybridized carbons (Fsp3) is 0.250. The molecule has 0 spiro atoms. The zero-order chi connectivity index (χ0) is 10.2. The minimum atomic E-state index is -4.20. The minimum absolute atomic E-state index is 0. The van der Waals surface area contributed by atoms with E-state index in [1.165, 1.54) is 12.1 Å². The van der Waals surface area contributed by atoms with Crippen molar-refractivity contribution in [2.24, 2.45) is 0 Å². The molecule has 1 aromatic carbocycles. The molecular formula is C8H10ClNaO3S. The van der Waals surface area contributed by atoms with Crippen LogP contribution in [0.2, 0.25) is 5.02 Å². The van der Waals surface area contributed by atoms with E-state index in [0.717, 1.165) is 11.1 Å². The summed E-state index contributed by atoms with van der Waals surface area (Å²) in [4.78, 5) is -0.239. The molecule has 0 aromatic heterocycles. The molecule has 0 aliphatic carbocycles. The Morgan fingerprint density at radius 2 is 1.64 bits per heavy atom. The van der Waals surface area contributed by atoms with Crippen molar-refractivity contribution < 1.29 is 13.0 Å². The van der Waals surface area contributed by atoms with E-state index in [9.17, 15) is 8.42 Å². The summed E-state index contributed by atoms with van der Waals surface area (Å²) in [6.07, 6.45) is 0. The topological polar surface area (TPSA) is 54.4 Å². The monoisotopic (exact) mass is 244 g/mol. The van der Waals surface area contributed by atoms with Crippen LogP contribution in [0.15, 0.2) is 17.0 Å². The van der Waals surface area contributed by atoms with Gasteiger partial charge in [0, 0.05) is 0 Å². The van der Waals surface area contributed by atoms with E-state index in [1.54, 1.807) is 6.92 Å². The van der Waals surface area contributed by atoms with Crippen LogP contribution >= 0.6 is 11.6 Å². The number of hydrogen-bond acceptors (Lipinski definition) is 2. The Kier molecular flexibility index (Phi) is 5.11. The maximum atomic E-state index is 10.8. The van der Waals surface area contributed by atoms with E-state index in [2.05, 4.69) is 0 Å². The molecule has 14 heavy (non-hydrogen) atoms. The molecule has 0 aliphatic heterocycles. The molecule has 1 aromatic rings. The van der Waals surface area contributed by atoms with Crippen LogP contribution in [0.1, 0.15) is 11.1 Å². The summed E-state index contributed by atoms with van der Waals surface area (Å²) in [5, 5.41) is 0.0469. The molecule has 0 saturated heterocycles. The molecule has 0 unspecified atom stereocenters. The van der Waals surface area contributed by atoms with Gasteiger partial charge >= 0.3 is 29.6 Å². The second kappa shape index (κ2) is 4.96. The Hall–Kier alpha value is 0.420. The molecule has 3 nitrogen and oxygen atoms in total. The SMILES string of the molecule is Cc1cc(Cl)c(S(=O)(=O)O)cc1C.[NaH]. The molecule has 0 heterocycles. The molecule has 6 heteroatoms. The summed E-state index contributed by atoms with van der Waals surface area (Å²) < 4.78 is 30.3. The third-order valence-electron chi connectivity index (χ3n) is 1.83. The first-order valence-electron chi connectivity index (χ1n) is 3.56. The Morgan fingerprint density at radius 1 is 1.21 bits per heavy atom. The molecule has 0 atom stereocenters. The van der Waals surface area contributed by atoms with Crippen molar-refractivity contribution in [2.45, 2.75) is 18.7 Å². The van der Waals surface area contributed by atoms with Crippen molar-refractivity contribution in [1.29, 1.82) is 0 Å². The van der Waals surface area contributed by atoms with Gasteiger partial charge in [-0.3, -0.25) is 4.55 Å². The third kappa shape index (κ3) is 3.22. The van der Waals surface area contributed by atoms with Crippen molar-refractivity contribution >= 4 is 51.3 Å². The zero-order valence-electron chi connectivity index (χ0n) is 7.20. The van der Waals surface area contributed by atoms with Crippen LogP contribution in [0.25, 0.3) is 0 Å². The van der Waals surface area contributed by atoms with Gasteiger partial charge in [0.15, 0.2) is 0 Å². The first-order chi connectivity index (χ1) is 5.82. The van der Waals surface area contributed by atoms with Crippen LogP contribution in [-0.2, 0) is 10.1 Å². The predicted molar refractivity (Wildman–Crippen MR) is 57.9 cm³/mol. The van der Waals surface area contributed by atoms with E-state index >= 15 is 0 Å². The molecular weight excluding hydrogens is 235 g/mol. The second-order valence-electron chi connectivity index (χ2n) is 2.84. The van der Waals surface area contributed by atoms with E-state index in [4.69, 9.17) is 16.2 Å². The van der Waals surface area contributed by atoms with Gasteiger partial charge in [-0.05, 0) is 37.1 Å². The zero-order valence-corrected chi connectivity index (χ0v) is 8.78. The normalized spacial score (nSPS) is 10.9. The summed E-state index contributed by atoms with van der Waals surface area (Å²) in [7, 11) is -4.20. The van der Waals surface area contributed by atoms with Gasteiger partial charge in [0.2, 0.25) is 0 Å². The number of hydrogen-bond donors (Lipinski definition) is 1. The van der Waals surface area contributed by atoms with Gasteiger partial charge in [0.25, 0.3) is 10.1 Å². The van der Waals surface area contributed by atoms with E-state index < -0.39 is 10.1 Å². The van der Waals surface area contributed by atoms with Gasteiger partial charge in [-0.25, -0.2) is 0 Å². The summed E-state index contributed by atoms with van der Waals surface area (Å²) >= 11 is 5.65. The first-order valence-corrected chi connectivity index (χ1v) is 5.38. The molecule has 0 fully saturated rings. The van der Waals surface area contributed by atoms with Gasteiger partial charge in [-0.2, -0.15) is 8.42 Å². The molecule has 0 radical (unpaired) electrons. The van der Waals surface area contributed by atoms with Crippen molar-refractivity contribution in [2.75, 3.05) is 0 Å². The first kappa shape index (κ1) is 14.4.